The van der Waals surface area contributed by atoms with Crippen molar-refractivity contribution in [2.75, 3.05) is 39.3 Å². The van der Waals surface area contributed by atoms with Crippen LogP contribution in [-0.4, -0.2) is 54.6 Å². The van der Waals surface area contributed by atoms with Gasteiger partial charge in [-0.15, -0.1) is 0 Å². The highest BCUT2D eigenvalue weighted by molar-refractivity contribution is 4.88. The minimum absolute atomic E-state index is 0.319. The third kappa shape index (κ3) is 4.33. The van der Waals surface area contributed by atoms with Crippen LogP contribution >= 0.6 is 0 Å². The lowest BCUT2D eigenvalue weighted by Crippen LogP contribution is -2.53. The average molecular weight is 211 g/mol. The minimum atomic E-state index is 0.319. The maximum atomic E-state index is 5.41. The van der Waals surface area contributed by atoms with E-state index in [1.54, 1.807) is 0 Å². The van der Waals surface area contributed by atoms with Crippen molar-refractivity contribution in [3.05, 3.63) is 12.2 Å². The van der Waals surface area contributed by atoms with E-state index in [1.807, 2.05) is 6.08 Å². The van der Waals surface area contributed by atoms with Gasteiger partial charge < -0.3 is 5.73 Å². The highest BCUT2D eigenvalue weighted by atomic mass is 15.3. The van der Waals surface area contributed by atoms with Crippen molar-refractivity contribution in [3.8, 4) is 0 Å². The van der Waals surface area contributed by atoms with Gasteiger partial charge in [0.25, 0.3) is 0 Å². The summed E-state index contributed by atoms with van der Waals surface area (Å²) in [5.74, 6) is 0. The number of hydrogen-bond acceptors (Lipinski definition) is 3. The fraction of sp³-hybridized carbons (Fsp3) is 0.833. The highest BCUT2D eigenvalue weighted by Gasteiger charge is 2.24. The average Bonchev–Trinajstić information content (AvgIpc) is 2.18. The second-order valence-electron chi connectivity index (χ2n) is 5.17. The monoisotopic (exact) mass is 211 g/mol. The standard InChI is InChI=1S/C12H25N3/c1-12(2,3)15-10-8-14(9-11-15)7-5-4-6-13/h4-5H,6-11,13H2,1-3H3. The molecule has 0 saturated carbocycles. The van der Waals surface area contributed by atoms with Gasteiger partial charge in [0, 0.05) is 44.8 Å². The molecular weight excluding hydrogens is 186 g/mol. The molecule has 2 N–H and O–H groups in total. The Hall–Kier alpha value is -0.380. The topological polar surface area (TPSA) is 32.5 Å². The Labute approximate surface area is 93.9 Å². The first kappa shape index (κ1) is 12.7. The predicted molar refractivity (Wildman–Crippen MR) is 66.0 cm³/mol. The van der Waals surface area contributed by atoms with E-state index in [9.17, 15) is 0 Å². The molecular formula is C12H25N3. The van der Waals surface area contributed by atoms with E-state index in [4.69, 9.17) is 5.73 Å². The molecule has 0 amide bonds. The molecule has 0 aromatic carbocycles. The third-order valence-electron chi connectivity index (χ3n) is 2.99. The van der Waals surface area contributed by atoms with E-state index >= 15 is 0 Å². The molecule has 0 bridgehead atoms. The van der Waals surface area contributed by atoms with E-state index in [0.717, 1.165) is 6.54 Å². The van der Waals surface area contributed by atoms with Crippen molar-refractivity contribution in [2.24, 2.45) is 5.73 Å². The number of piperazine rings is 1. The summed E-state index contributed by atoms with van der Waals surface area (Å²) in [5, 5.41) is 0. The molecule has 1 heterocycles. The smallest absolute Gasteiger partial charge is 0.0164 e. The molecule has 0 atom stereocenters. The van der Waals surface area contributed by atoms with Gasteiger partial charge in [-0.3, -0.25) is 9.80 Å². The number of nitrogens with zero attached hydrogens (tertiary/aromatic N) is 2. The first-order valence-electron chi connectivity index (χ1n) is 5.86. The van der Waals surface area contributed by atoms with E-state index in [2.05, 4.69) is 36.6 Å². The molecule has 1 saturated heterocycles. The molecule has 0 aromatic rings. The summed E-state index contributed by atoms with van der Waals surface area (Å²) >= 11 is 0. The lowest BCUT2D eigenvalue weighted by Gasteiger charge is -2.42. The first-order valence-corrected chi connectivity index (χ1v) is 5.86. The SMILES string of the molecule is CC(C)(C)N1CCN(CC=CCN)CC1. The van der Waals surface area contributed by atoms with Gasteiger partial charge in [-0.2, -0.15) is 0 Å². The summed E-state index contributed by atoms with van der Waals surface area (Å²) in [4.78, 5) is 5.03. The Kier molecular flexibility index (Phi) is 4.77. The second kappa shape index (κ2) is 5.64. The van der Waals surface area contributed by atoms with E-state index < -0.39 is 0 Å². The Morgan fingerprint density at radius 2 is 1.67 bits per heavy atom. The van der Waals surface area contributed by atoms with Gasteiger partial charge in [0.15, 0.2) is 0 Å². The van der Waals surface area contributed by atoms with Gasteiger partial charge in [-0.1, -0.05) is 12.2 Å². The van der Waals surface area contributed by atoms with Crippen LogP contribution in [-0.2, 0) is 0 Å². The van der Waals surface area contributed by atoms with Crippen molar-refractivity contribution in [1.82, 2.24) is 9.80 Å². The minimum Gasteiger partial charge on any atom is -0.327 e. The van der Waals surface area contributed by atoms with Crippen molar-refractivity contribution >= 4 is 0 Å². The summed E-state index contributed by atoms with van der Waals surface area (Å²) < 4.78 is 0. The van der Waals surface area contributed by atoms with Crippen LogP contribution in [0.3, 0.4) is 0 Å². The lowest BCUT2D eigenvalue weighted by molar-refractivity contribution is 0.0674. The first-order chi connectivity index (χ1) is 7.04. The molecule has 3 nitrogen and oxygen atoms in total. The third-order valence-corrected chi connectivity index (χ3v) is 2.99. The summed E-state index contributed by atoms with van der Waals surface area (Å²) in [6, 6.07) is 0. The zero-order valence-corrected chi connectivity index (χ0v) is 10.4. The summed E-state index contributed by atoms with van der Waals surface area (Å²) in [5.41, 5.74) is 5.73. The van der Waals surface area contributed by atoms with Crippen molar-refractivity contribution in [3.63, 3.8) is 0 Å². The van der Waals surface area contributed by atoms with Gasteiger partial charge in [0.05, 0.1) is 0 Å². The molecule has 0 spiro atoms. The van der Waals surface area contributed by atoms with E-state index in [0.29, 0.717) is 12.1 Å². The zero-order valence-electron chi connectivity index (χ0n) is 10.4. The zero-order chi connectivity index (χ0) is 11.3. The van der Waals surface area contributed by atoms with Gasteiger partial charge in [-0.05, 0) is 20.8 Å². The molecule has 1 fully saturated rings. The summed E-state index contributed by atoms with van der Waals surface area (Å²) in [6.45, 7) is 13.3. The Bertz CT molecular complexity index is 197. The maximum Gasteiger partial charge on any atom is 0.0164 e. The molecule has 1 aliphatic rings. The van der Waals surface area contributed by atoms with Crippen LogP contribution in [0, 0.1) is 0 Å². The number of rotatable bonds is 3. The van der Waals surface area contributed by atoms with Gasteiger partial charge in [0.1, 0.15) is 0 Å². The summed E-state index contributed by atoms with van der Waals surface area (Å²) in [6.07, 6.45) is 4.21. The fourth-order valence-electron chi connectivity index (χ4n) is 1.92. The quantitative estimate of drug-likeness (QED) is 0.705. The van der Waals surface area contributed by atoms with E-state index in [1.165, 1.54) is 26.2 Å². The maximum absolute atomic E-state index is 5.41. The van der Waals surface area contributed by atoms with Crippen LogP contribution in [0.2, 0.25) is 0 Å². The summed E-state index contributed by atoms with van der Waals surface area (Å²) in [7, 11) is 0. The largest absolute Gasteiger partial charge is 0.327 e. The molecule has 0 radical (unpaired) electrons. The van der Waals surface area contributed by atoms with Crippen molar-refractivity contribution in [2.45, 2.75) is 26.3 Å². The van der Waals surface area contributed by atoms with Crippen molar-refractivity contribution in [1.29, 1.82) is 0 Å². The van der Waals surface area contributed by atoms with Crippen LogP contribution in [0.25, 0.3) is 0 Å². The molecule has 88 valence electrons. The molecule has 1 rings (SSSR count). The molecule has 0 aliphatic carbocycles. The molecule has 3 heteroatoms. The Morgan fingerprint density at radius 1 is 1.07 bits per heavy atom. The van der Waals surface area contributed by atoms with Crippen LogP contribution < -0.4 is 5.73 Å². The number of nitrogens with two attached hydrogens (primary N) is 1. The molecule has 1 aliphatic heterocycles. The molecule has 0 unspecified atom stereocenters. The second-order valence-corrected chi connectivity index (χ2v) is 5.17. The van der Waals surface area contributed by atoms with Crippen LogP contribution in [0.4, 0.5) is 0 Å². The van der Waals surface area contributed by atoms with Crippen molar-refractivity contribution < 1.29 is 0 Å². The predicted octanol–water partition coefficient (Wildman–Crippen LogP) is 0.917. The van der Waals surface area contributed by atoms with Gasteiger partial charge >= 0.3 is 0 Å². The van der Waals surface area contributed by atoms with Crippen LogP contribution in [0.15, 0.2) is 12.2 Å². The van der Waals surface area contributed by atoms with Crippen LogP contribution in [0.5, 0.6) is 0 Å². The van der Waals surface area contributed by atoms with Gasteiger partial charge in [0.2, 0.25) is 0 Å². The highest BCUT2D eigenvalue weighted by Crippen LogP contribution is 2.15. The fourth-order valence-corrected chi connectivity index (χ4v) is 1.92. The number of hydrogen-bond donors (Lipinski definition) is 1. The van der Waals surface area contributed by atoms with Crippen LogP contribution in [0.1, 0.15) is 20.8 Å². The Morgan fingerprint density at radius 3 is 2.13 bits per heavy atom. The Balaban J connectivity index is 2.27. The van der Waals surface area contributed by atoms with E-state index in [-0.39, 0.29) is 0 Å². The molecule has 15 heavy (non-hydrogen) atoms. The molecule has 0 aromatic heterocycles. The lowest BCUT2D eigenvalue weighted by atomic mass is 10.1. The normalized spacial score (nSPS) is 21.3. The van der Waals surface area contributed by atoms with Gasteiger partial charge in [-0.25, -0.2) is 0 Å².